The zero-order valence-corrected chi connectivity index (χ0v) is 17.7. The molecule has 0 radical (unpaired) electrons. The van der Waals surface area contributed by atoms with Crippen molar-refractivity contribution in [2.45, 2.75) is 45.9 Å². The largest absolute Gasteiger partial charge is 0.464 e. The smallest absolute Gasteiger partial charge is 0.303 e. The molecule has 0 aliphatic carbocycles. The van der Waals surface area contributed by atoms with Crippen LogP contribution in [0.4, 0.5) is 5.69 Å². The summed E-state index contributed by atoms with van der Waals surface area (Å²) < 4.78 is 11.5. The van der Waals surface area contributed by atoms with Crippen LogP contribution < -0.4 is 10.2 Å². The van der Waals surface area contributed by atoms with Gasteiger partial charge in [0.05, 0.1) is 0 Å². The lowest BCUT2D eigenvalue weighted by atomic mass is 9.93. The van der Waals surface area contributed by atoms with Crippen molar-refractivity contribution in [2.75, 3.05) is 18.6 Å². The first-order chi connectivity index (χ1) is 12.6. The Kier molecular flexibility index (Phi) is 6.86. The predicted molar refractivity (Wildman–Crippen MR) is 104 cm³/mol. The number of rotatable bonds is 4. The average molecular weight is 441 g/mol. The number of benzene rings is 1. The Bertz CT molecular complexity index is 737. The summed E-state index contributed by atoms with van der Waals surface area (Å²) in [5.74, 6) is -1.14. The van der Waals surface area contributed by atoms with Gasteiger partial charge < -0.3 is 19.7 Å². The van der Waals surface area contributed by atoms with Gasteiger partial charge in [-0.05, 0) is 24.1 Å². The lowest BCUT2D eigenvalue weighted by Gasteiger charge is -2.40. The first-order valence-electron chi connectivity index (χ1n) is 8.75. The van der Waals surface area contributed by atoms with E-state index in [0.717, 1.165) is 15.7 Å². The van der Waals surface area contributed by atoms with E-state index in [0.29, 0.717) is 0 Å². The number of amides is 1. The molecule has 0 fully saturated rings. The molecule has 0 bridgehead atoms. The molecule has 7 nitrogen and oxygen atoms in total. The third kappa shape index (κ3) is 5.00. The number of likely N-dealkylation sites (N-methyl/N-ethyl adjacent to an activating group) is 1. The molecular weight excluding hydrogens is 416 g/mol. The van der Waals surface area contributed by atoms with Gasteiger partial charge in [0.25, 0.3) is 0 Å². The third-order valence-corrected chi connectivity index (χ3v) is 4.94. The molecule has 0 aromatic heterocycles. The molecular formula is C19H25BrN2O5. The van der Waals surface area contributed by atoms with Gasteiger partial charge in [-0.3, -0.25) is 14.4 Å². The van der Waals surface area contributed by atoms with Crippen molar-refractivity contribution >= 4 is 39.5 Å². The highest BCUT2D eigenvalue weighted by Gasteiger charge is 2.39. The molecule has 1 aliphatic rings. The van der Waals surface area contributed by atoms with Crippen molar-refractivity contribution in [1.82, 2.24) is 5.32 Å². The third-order valence-electron chi connectivity index (χ3n) is 4.45. The van der Waals surface area contributed by atoms with E-state index in [-0.39, 0.29) is 18.4 Å². The van der Waals surface area contributed by atoms with Crippen molar-refractivity contribution in [3.63, 3.8) is 0 Å². The summed E-state index contributed by atoms with van der Waals surface area (Å²) in [4.78, 5) is 37.9. The van der Waals surface area contributed by atoms with E-state index in [2.05, 4.69) is 21.2 Å². The summed E-state index contributed by atoms with van der Waals surface area (Å²) >= 11 is 3.46. The highest BCUT2D eigenvalue weighted by Crippen LogP contribution is 2.36. The maximum atomic E-state index is 12.9. The molecule has 8 heteroatoms. The highest BCUT2D eigenvalue weighted by molar-refractivity contribution is 9.10. The molecule has 1 aromatic rings. The number of ether oxygens (including phenoxy) is 2. The van der Waals surface area contributed by atoms with Gasteiger partial charge in [0.15, 0.2) is 6.10 Å². The Morgan fingerprint density at radius 3 is 2.48 bits per heavy atom. The van der Waals surface area contributed by atoms with Crippen LogP contribution in [-0.4, -0.2) is 43.6 Å². The molecule has 27 heavy (non-hydrogen) atoms. The van der Waals surface area contributed by atoms with E-state index in [1.165, 1.54) is 13.8 Å². The standard InChI is InChI=1S/C19H25BrN2O5/c1-10(2)17-19(25)21-15(9-26-11(3)23)18(27-12(4)24)14-8-13(20)6-7-16(14)22(17)5/h6-8,10,15,17-18H,9H2,1-5H3,(H,21,25)/t15-,17+,18+/m1/s1. The number of fused-ring (bicyclic) bond motifs is 1. The van der Waals surface area contributed by atoms with Crippen LogP contribution in [0.15, 0.2) is 22.7 Å². The first kappa shape index (κ1) is 21.2. The summed E-state index contributed by atoms with van der Waals surface area (Å²) in [7, 11) is 1.84. The fourth-order valence-corrected chi connectivity index (χ4v) is 3.75. The van der Waals surface area contributed by atoms with Gasteiger partial charge in [-0.2, -0.15) is 0 Å². The molecule has 0 saturated carbocycles. The molecule has 0 saturated heterocycles. The molecule has 0 spiro atoms. The second-order valence-electron chi connectivity index (χ2n) is 6.95. The predicted octanol–water partition coefficient (Wildman–Crippen LogP) is 2.58. The number of halogens is 1. The van der Waals surface area contributed by atoms with Gasteiger partial charge in [0.2, 0.25) is 5.91 Å². The lowest BCUT2D eigenvalue weighted by molar-refractivity contribution is -0.153. The summed E-state index contributed by atoms with van der Waals surface area (Å²) in [6.45, 7) is 6.43. The Balaban J connectivity index is 2.61. The fourth-order valence-electron chi connectivity index (χ4n) is 3.37. The van der Waals surface area contributed by atoms with Crippen LogP contribution in [0, 0.1) is 5.92 Å². The van der Waals surface area contributed by atoms with E-state index >= 15 is 0 Å². The zero-order valence-electron chi connectivity index (χ0n) is 16.1. The summed E-state index contributed by atoms with van der Waals surface area (Å²) in [6.07, 6.45) is -0.797. The quantitative estimate of drug-likeness (QED) is 0.724. The van der Waals surface area contributed by atoms with Crippen LogP contribution in [0.3, 0.4) is 0 Å². The minimum absolute atomic E-state index is 0.0335. The summed E-state index contributed by atoms with van der Waals surface area (Å²) in [6, 6.07) is 4.48. The van der Waals surface area contributed by atoms with Crippen LogP contribution in [0.2, 0.25) is 0 Å². The van der Waals surface area contributed by atoms with Gasteiger partial charge in [-0.25, -0.2) is 0 Å². The molecule has 1 heterocycles. The number of carbonyl (C=O) groups is 3. The normalized spacial score (nSPS) is 22.4. The Morgan fingerprint density at radius 2 is 1.93 bits per heavy atom. The van der Waals surface area contributed by atoms with Gasteiger partial charge in [0.1, 0.15) is 18.7 Å². The molecule has 2 rings (SSSR count). The van der Waals surface area contributed by atoms with Crippen molar-refractivity contribution in [3.05, 3.63) is 28.2 Å². The molecule has 3 atom stereocenters. The van der Waals surface area contributed by atoms with Crippen molar-refractivity contribution in [2.24, 2.45) is 5.92 Å². The van der Waals surface area contributed by atoms with E-state index < -0.39 is 30.1 Å². The van der Waals surface area contributed by atoms with Gasteiger partial charge in [-0.1, -0.05) is 29.8 Å². The van der Waals surface area contributed by atoms with Crippen molar-refractivity contribution in [1.29, 1.82) is 0 Å². The summed E-state index contributed by atoms with van der Waals surface area (Å²) in [5.41, 5.74) is 1.51. The number of carbonyl (C=O) groups excluding carboxylic acids is 3. The minimum atomic E-state index is -0.797. The molecule has 1 amide bonds. The maximum absolute atomic E-state index is 12.9. The number of nitrogens with zero attached hydrogens (tertiary/aromatic N) is 1. The minimum Gasteiger partial charge on any atom is -0.464 e. The van der Waals surface area contributed by atoms with Gasteiger partial charge >= 0.3 is 11.9 Å². The molecule has 0 unspecified atom stereocenters. The molecule has 1 N–H and O–H groups in total. The highest BCUT2D eigenvalue weighted by atomic mass is 79.9. The monoisotopic (exact) mass is 440 g/mol. The number of anilines is 1. The summed E-state index contributed by atoms with van der Waals surface area (Å²) in [5, 5.41) is 2.90. The Hall–Kier alpha value is -2.09. The van der Waals surface area contributed by atoms with E-state index in [9.17, 15) is 14.4 Å². The number of nitrogens with one attached hydrogen (secondary N) is 1. The number of hydrogen-bond acceptors (Lipinski definition) is 6. The van der Waals surface area contributed by atoms with Crippen molar-refractivity contribution in [3.8, 4) is 0 Å². The van der Waals surface area contributed by atoms with Crippen LogP contribution in [0.25, 0.3) is 0 Å². The Morgan fingerprint density at radius 1 is 1.26 bits per heavy atom. The van der Waals surface area contributed by atoms with Crippen LogP contribution >= 0.6 is 15.9 Å². The fraction of sp³-hybridized carbons (Fsp3) is 0.526. The first-order valence-corrected chi connectivity index (χ1v) is 9.54. The maximum Gasteiger partial charge on any atom is 0.303 e. The van der Waals surface area contributed by atoms with E-state index in [1.807, 2.05) is 44.0 Å². The molecule has 1 aliphatic heterocycles. The average Bonchev–Trinajstić information content (AvgIpc) is 2.55. The lowest BCUT2D eigenvalue weighted by Crippen LogP contribution is -2.56. The van der Waals surface area contributed by atoms with E-state index in [4.69, 9.17) is 9.47 Å². The SMILES string of the molecule is CC(=O)OC[C@H]1NC(=O)[C@H](C(C)C)N(C)c2ccc(Br)cc2[C@@H]1OC(C)=O. The topological polar surface area (TPSA) is 84.9 Å². The Labute approximate surface area is 167 Å². The van der Waals surface area contributed by atoms with Crippen LogP contribution in [0.1, 0.15) is 39.4 Å². The van der Waals surface area contributed by atoms with E-state index in [1.54, 1.807) is 0 Å². The van der Waals surface area contributed by atoms with Gasteiger partial charge in [-0.15, -0.1) is 0 Å². The number of esters is 2. The second-order valence-corrected chi connectivity index (χ2v) is 7.87. The number of hydrogen-bond donors (Lipinski definition) is 1. The van der Waals surface area contributed by atoms with Gasteiger partial charge in [0, 0.05) is 36.6 Å². The van der Waals surface area contributed by atoms with Crippen LogP contribution in [0.5, 0.6) is 0 Å². The van der Waals surface area contributed by atoms with Crippen molar-refractivity contribution < 1.29 is 23.9 Å². The molecule has 148 valence electrons. The van der Waals surface area contributed by atoms with Crippen LogP contribution in [-0.2, 0) is 23.9 Å². The zero-order chi connectivity index (χ0) is 20.3. The molecule has 1 aromatic carbocycles. The second kappa shape index (κ2) is 8.73.